The van der Waals surface area contributed by atoms with Crippen LogP contribution >= 0.6 is 0 Å². The molecule has 218 valence electrons. The molecule has 42 heavy (non-hydrogen) atoms. The van der Waals surface area contributed by atoms with Crippen molar-refractivity contribution in [2.24, 2.45) is 5.73 Å². The number of primary amides is 1. The summed E-state index contributed by atoms with van der Waals surface area (Å²) in [5.74, 6) is -3.70. The SMILES string of the molecule is CC(N(Cc1ccc(F)cc1)C(=O)CN1CO[C@]2(C(=O)Cc3cc(-c4cc(C(N)=O)ccn4)ccc32)C1=O)C(F)(F)F. The molecule has 0 bridgehead atoms. The maximum Gasteiger partial charge on any atom is 0.408 e. The lowest BCUT2D eigenvalue weighted by atomic mass is 9.93. The molecule has 1 saturated heterocycles. The molecule has 0 radical (unpaired) electrons. The lowest BCUT2D eigenvalue weighted by Crippen LogP contribution is -2.51. The van der Waals surface area contributed by atoms with E-state index in [1.807, 2.05) is 0 Å². The van der Waals surface area contributed by atoms with Crippen LogP contribution in [0.4, 0.5) is 17.6 Å². The summed E-state index contributed by atoms with van der Waals surface area (Å²) in [7, 11) is 0. The molecule has 1 spiro atoms. The Bertz CT molecular complexity index is 1590. The number of ketones is 1. The number of nitrogens with zero attached hydrogens (tertiary/aromatic N) is 3. The van der Waals surface area contributed by atoms with E-state index in [4.69, 9.17) is 10.5 Å². The van der Waals surface area contributed by atoms with Gasteiger partial charge in [0.25, 0.3) is 5.91 Å². The van der Waals surface area contributed by atoms with Gasteiger partial charge in [-0.1, -0.05) is 24.3 Å². The van der Waals surface area contributed by atoms with Gasteiger partial charge in [0.05, 0.1) is 5.69 Å². The highest BCUT2D eigenvalue weighted by Gasteiger charge is 2.59. The molecule has 2 N–H and O–H groups in total. The number of carbonyl (C=O) groups is 4. The van der Waals surface area contributed by atoms with Crippen molar-refractivity contribution in [3.8, 4) is 11.3 Å². The van der Waals surface area contributed by atoms with Crippen LogP contribution in [0.15, 0.2) is 60.8 Å². The molecule has 0 saturated carbocycles. The average molecular weight is 585 g/mol. The third-order valence-corrected chi connectivity index (χ3v) is 7.45. The number of alkyl halides is 3. The van der Waals surface area contributed by atoms with Crippen molar-refractivity contribution < 1.29 is 41.5 Å². The summed E-state index contributed by atoms with van der Waals surface area (Å²) in [5.41, 5.74) is 5.49. The molecule has 2 aliphatic rings. The molecule has 2 atom stereocenters. The van der Waals surface area contributed by atoms with E-state index in [9.17, 15) is 36.7 Å². The fourth-order valence-corrected chi connectivity index (χ4v) is 5.12. The largest absolute Gasteiger partial charge is 0.408 e. The number of benzene rings is 2. The lowest BCUT2D eigenvalue weighted by molar-refractivity contribution is -0.187. The van der Waals surface area contributed by atoms with Crippen molar-refractivity contribution in [3.63, 3.8) is 0 Å². The zero-order valence-electron chi connectivity index (χ0n) is 22.2. The van der Waals surface area contributed by atoms with E-state index in [0.717, 1.165) is 24.0 Å². The quantitative estimate of drug-likeness (QED) is 0.337. The number of carbonyl (C=O) groups excluding carboxylic acids is 4. The highest BCUT2D eigenvalue weighted by atomic mass is 19.4. The number of hydrogen-bond donors (Lipinski definition) is 1. The van der Waals surface area contributed by atoms with Gasteiger partial charge in [-0.05, 0) is 48.4 Å². The summed E-state index contributed by atoms with van der Waals surface area (Å²) in [5, 5.41) is 0. The predicted octanol–water partition coefficient (Wildman–Crippen LogP) is 3.10. The summed E-state index contributed by atoms with van der Waals surface area (Å²) in [6, 6.07) is 10.1. The summed E-state index contributed by atoms with van der Waals surface area (Å²) in [4.78, 5) is 57.2. The molecule has 1 aliphatic carbocycles. The van der Waals surface area contributed by atoms with Crippen molar-refractivity contribution in [3.05, 3.63) is 88.9 Å². The third-order valence-electron chi connectivity index (χ3n) is 7.45. The molecule has 2 heterocycles. The molecule has 1 aromatic heterocycles. The molecule has 5 rings (SSSR count). The normalized spacial score (nSPS) is 18.8. The highest BCUT2D eigenvalue weighted by molar-refractivity contribution is 6.15. The average Bonchev–Trinajstić information content (AvgIpc) is 3.43. The number of pyridine rings is 1. The van der Waals surface area contributed by atoms with Gasteiger partial charge in [-0.3, -0.25) is 24.2 Å². The molecule has 9 nitrogen and oxygen atoms in total. The van der Waals surface area contributed by atoms with Crippen molar-refractivity contribution in [2.45, 2.75) is 37.7 Å². The van der Waals surface area contributed by atoms with Gasteiger partial charge in [-0.2, -0.15) is 13.2 Å². The van der Waals surface area contributed by atoms with Crippen LogP contribution < -0.4 is 5.73 Å². The van der Waals surface area contributed by atoms with E-state index < -0.39 is 67.0 Å². The second-order valence-electron chi connectivity index (χ2n) is 10.1. The molecule has 2 aromatic carbocycles. The van der Waals surface area contributed by atoms with E-state index in [1.54, 1.807) is 12.1 Å². The van der Waals surface area contributed by atoms with Gasteiger partial charge in [-0.15, -0.1) is 0 Å². The zero-order chi connectivity index (χ0) is 30.4. The smallest absolute Gasteiger partial charge is 0.366 e. The third kappa shape index (κ3) is 5.11. The van der Waals surface area contributed by atoms with Crippen molar-refractivity contribution in [1.82, 2.24) is 14.8 Å². The Morgan fingerprint density at radius 1 is 1.12 bits per heavy atom. The first-order valence-corrected chi connectivity index (χ1v) is 12.8. The molecule has 3 aromatic rings. The summed E-state index contributed by atoms with van der Waals surface area (Å²) in [6.45, 7) is -0.936. The van der Waals surface area contributed by atoms with Gasteiger partial charge in [0, 0.05) is 35.9 Å². The molecule has 13 heteroatoms. The van der Waals surface area contributed by atoms with E-state index in [0.29, 0.717) is 21.7 Å². The van der Waals surface area contributed by atoms with Crippen LogP contribution in [-0.4, -0.2) is 63.8 Å². The van der Waals surface area contributed by atoms with Crippen molar-refractivity contribution in [1.29, 1.82) is 0 Å². The van der Waals surface area contributed by atoms with E-state index in [1.165, 1.54) is 36.5 Å². The Labute approximate surface area is 236 Å². The maximum atomic E-state index is 13.7. The lowest BCUT2D eigenvalue weighted by Gasteiger charge is -2.32. The minimum Gasteiger partial charge on any atom is -0.366 e. The summed E-state index contributed by atoms with van der Waals surface area (Å²) < 4.78 is 60.0. The maximum absolute atomic E-state index is 13.7. The second-order valence-corrected chi connectivity index (χ2v) is 10.1. The number of amides is 3. The number of Topliss-reactive ketones (excluding diaryl/α,β-unsaturated/α-hetero) is 1. The van der Waals surface area contributed by atoms with Crippen LogP contribution in [-0.2, 0) is 37.7 Å². The summed E-state index contributed by atoms with van der Waals surface area (Å²) in [6.07, 6.45) is -3.53. The van der Waals surface area contributed by atoms with Crippen LogP contribution in [0.25, 0.3) is 11.3 Å². The Hall–Kier alpha value is -4.65. The Morgan fingerprint density at radius 2 is 1.83 bits per heavy atom. The monoisotopic (exact) mass is 584 g/mol. The molecule has 1 aliphatic heterocycles. The first-order valence-electron chi connectivity index (χ1n) is 12.8. The molecular formula is C29H24F4N4O5. The van der Waals surface area contributed by atoms with Crippen LogP contribution in [0, 0.1) is 5.82 Å². The number of rotatable bonds is 7. The van der Waals surface area contributed by atoms with Gasteiger partial charge in [0.15, 0.2) is 5.78 Å². The Morgan fingerprint density at radius 3 is 2.50 bits per heavy atom. The van der Waals surface area contributed by atoms with E-state index in [2.05, 4.69) is 4.98 Å². The second kappa shape index (κ2) is 10.6. The van der Waals surface area contributed by atoms with Crippen molar-refractivity contribution in [2.75, 3.05) is 13.3 Å². The van der Waals surface area contributed by atoms with Crippen LogP contribution in [0.3, 0.4) is 0 Å². The molecule has 1 unspecified atom stereocenters. The van der Waals surface area contributed by atoms with E-state index >= 15 is 0 Å². The Kier molecular flexibility index (Phi) is 7.31. The number of aromatic nitrogens is 1. The van der Waals surface area contributed by atoms with Gasteiger partial charge in [0.2, 0.25) is 17.4 Å². The first-order chi connectivity index (χ1) is 19.8. The van der Waals surface area contributed by atoms with Crippen LogP contribution in [0.2, 0.25) is 0 Å². The standard InChI is InChI=1S/C29H24F4N4O5/c1-16(29(31,32)33)37(13-17-2-5-21(30)6-3-17)25(39)14-36-15-42-28(27(36)41)22-7-4-18(10-20(22)12-24(28)38)23-11-19(26(34)40)8-9-35-23/h2-11,16H,12-15H2,1H3,(H2,34,40)/t16?,28-/m1/s1. The van der Waals surface area contributed by atoms with Crippen molar-refractivity contribution >= 4 is 23.5 Å². The van der Waals surface area contributed by atoms with Crippen LogP contribution in [0.1, 0.15) is 34.0 Å². The summed E-state index contributed by atoms with van der Waals surface area (Å²) >= 11 is 0. The predicted molar refractivity (Wildman–Crippen MR) is 139 cm³/mol. The molecular weight excluding hydrogens is 560 g/mol. The van der Waals surface area contributed by atoms with Gasteiger partial charge in [0.1, 0.15) is 25.1 Å². The van der Waals surface area contributed by atoms with Gasteiger partial charge >= 0.3 is 6.18 Å². The zero-order valence-corrected chi connectivity index (χ0v) is 22.2. The number of nitrogens with two attached hydrogens (primary N) is 1. The molecule has 3 amide bonds. The first kappa shape index (κ1) is 28.9. The van der Waals surface area contributed by atoms with Gasteiger partial charge < -0.3 is 20.3 Å². The highest BCUT2D eigenvalue weighted by Crippen LogP contribution is 2.43. The minimum absolute atomic E-state index is 0.173. The fourth-order valence-electron chi connectivity index (χ4n) is 5.12. The number of ether oxygens (including phenoxy) is 1. The van der Waals surface area contributed by atoms with Crippen LogP contribution in [0.5, 0.6) is 0 Å². The fraction of sp³-hybridized carbons (Fsp3) is 0.276. The van der Waals surface area contributed by atoms with Gasteiger partial charge in [-0.25, -0.2) is 4.39 Å². The van der Waals surface area contributed by atoms with E-state index in [-0.39, 0.29) is 23.1 Å². The number of fused-ring (bicyclic) bond motifs is 2. The topological polar surface area (TPSA) is 123 Å². The Balaban J connectivity index is 1.39. The number of halogens is 4. The minimum atomic E-state index is -4.77. The number of hydrogen-bond acceptors (Lipinski definition) is 6. The molecule has 1 fully saturated rings.